The third kappa shape index (κ3) is 5.38. The summed E-state index contributed by atoms with van der Waals surface area (Å²) in [6.07, 6.45) is 0. The lowest BCUT2D eigenvalue weighted by atomic mass is 9.78. The van der Waals surface area contributed by atoms with Gasteiger partial charge in [0.15, 0.2) is 0 Å². The van der Waals surface area contributed by atoms with Gasteiger partial charge in [-0.15, -0.1) is 0 Å². The molecule has 56 heavy (non-hydrogen) atoms. The van der Waals surface area contributed by atoms with Gasteiger partial charge in [-0.05, 0) is 176 Å². The van der Waals surface area contributed by atoms with Gasteiger partial charge in [-0.2, -0.15) is 0 Å². The Labute approximate surface area is 330 Å². The first-order valence-corrected chi connectivity index (χ1v) is 20.0. The maximum atomic E-state index is 2.47. The molecule has 0 N–H and O–H groups in total. The molecule has 1 heterocycles. The largest absolute Gasteiger partial charge is 0.310 e. The molecule has 2 nitrogen and oxygen atoms in total. The second-order valence-electron chi connectivity index (χ2n) is 18.1. The van der Waals surface area contributed by atoms with Crippen molar-refractivity contribution in [3.63, 3.8) is 0 Å². The van der Waals surface area contributed by atoms with Crippen LogP contribution in [0.4, 0.5) is 17.1 Å². The second kappa shape index (κ2) is 12.2. The molecule has 0 amide bonds. The van der Waals surface area contributed by atoms with Crippen LogP contribution in [0, 0.1) is 13.8 Å². The van der Waals surface area contributed by atoms with Crippen LogP contribution in [0.2, 0.25) is 0 Å². The Hall–Kier alpha value is -6.12. The fourth-order valence-corrected chi connectivity index (χ4v) is 8.95. The molecule has 274 valence electrons. The van der Waals surface area contributed by atoms with Crippen LogP contribution in [0.1, 0.15) is 63.8 Å². The van der Waals surface area contributed by atoms with Crippen LogP contribution in [0.3, 0.4) is 0 Å². The molecule has 0 fully saturated rings. The summed E-state index contributed by atoms with van der Waals surface area (Å²) >= 11 is 0. The Morgan fingerprint density at radius 2 is 0.857 bits per heavy atom. The zero-order valence-corrected chi connectivity index (χ0v) is 33.8. The second-order valence-corrected chi connectivity index (χ2v) is 18.1. The number of hydrogen-bond donors (Lipinski definition) is 0. The van der Waals surface area contributed by atoms with E-state index in [1.54, 1.807) is 0 Å². The first kappa shape index (κ1) is 34.4. The number of rotatable bonds is 4. The highest BCUT2D eigenvalue weighted by Crippen LogP contribution is 2.51. The quantitative estimate of drug-likeness (QED) is 0.175. The Balaban J connectivity index is 1.09. The SMILES string of the molecule is Cc1ccccc1N(c1ccc2cc3c(cc2c1)-c1cc2cc(-n4c5ccc(C(C)(C)C)cc5c5cc(C(C)(C)C)ccc54)ccc2cc1-3)c1ccccc1C. The van der Waals surface area contributed by atoms with Crippen LogP contribution >= 0.6 is 0 Å². The van der Waals surface area contributed by atoms with Crippen LogP contribution < -0.4 is 4.90 Å². The molecule has 0 aliphatic heterocycles. The molecular weight excluding hydrogens is 677 g/mol. The Bertz CT molecular complexity index is 2950. The Kier molecular flexibility index (Phi) is 7.48. The van der Waals surface area contributed by atoms with Crippen LogP contribution in [0.15, 0.2) is 146 Å². The fraction of sp³-hybridized carbons (Fsp3) is 0.185. The summed E-state index contributed by atoms with van der Waals surface area (Å²) < 4.78 is 2.47. The van der Waals surface area contributed by atoms with Crippen molar-refractivity contribution >= 4 is 60.4 Å². The summed E-state index contributed by atoms with van der Waals surface area (Å²) in [5.41, 5.74) is 18.0. The third-order valence-electron chi connectivity index (χ3n) is 12.2. The van der Waals surface area contributed by atoms with E-state index in [-0.39, 0.29) is 10.8 Å². The molecule has 10 rings (SSSR count). The van der Waals surface area contributed by atoms with Crippen LogP contribution in [0.25, 0.3) is 71.3 Å². The van der Waals surface area contributed by atoms with Crippen molar-refractivity contribution in [2.75, 3.05) is 4.90 Å². The number of nitrogens with zero attached hydrogens (tertiary/aromatic N) is 2. The lowest BCUT2D eigenvalue weighted by Crippen LogP contribution is -2.12. The summed E-state index contributed by atoms with van der Waals surface area (Å²) in [7, 11) is 0. The summed E-state index contributed by atoms with van der Waals surface area (Å²) in [6.45, 7) is 18.2. The standard InChI is InChI=1S/C54H48N2/c1-33-13-9-11-15-49(33)55(50-16-12-10-14-34(50)2)41-21-17-35-27-43-44-28-36-18-22-42(26-38(36)30-46(44)45(43)29-37(35)25-41)56-51-23-19-39(53(3,4)5)31-47(51)48-32-40(54(6,7)8)20-24-52(48)56/h9-32H,1-8H3. The number of hydrogen-bond acceptors (Lipinski definition) is 1. The van der Waals surface area contributed by atoms with Gasteiger partial charge in [0.1, 0.15) is 0 Å². The first-order valence-electron chi connectivity index (χ1n) is 20.0. The lowest BCUT2D eigenvalue weighted by molar-refractivity contribution is 0.590. The highest BCUT2D eigenvalue weighted by Gasteiger charge is 2.26. The maximum absolute atomic E-state index is 2.47. The van der Waals surface area contributed by atoms with E-state index in [9.17, 15) is 0 Å². The molecular formula is C54H48N2. The minimum Gasteiger partial charge on any atom is -0.310 e. The predicted molar refractivity (Wildman–Crippen MR) is 242 cm³/mol. The summed E-state index contributed by atoms with van der Waals surface area (Å²) in [6, 6.07) is 55.1. The fourth-order valence-electron chi connectivity index (χ4n) is 8.95. The van der Waals surface area contributed by atoms with Gasteiger partial charge in [0, 0.05) is 33.5 Å². The molecule has 1 aliphatic carbocycles. The van der Waals surface area contributed by atoms with Crippen molar-refractivity contribution in [2.24, 2.45) is 0 Å². The van der Waals surface area contributed by atoms with Gasteiger partial charge in [-0.3, -0.25) is 0 Å². The third-order valence-corrected chi connectivity index (χ3v) is 12.2. The molecule has 2 heteroatoms. The number of aromatic nitrogens is 1. The molecule has 1 aromatic heterocycles. The van der Waals surface area contributed by atoms with Crippen LogP contribution in [-0.2, 0) is 10.8 Å². The molecule has 0 radical (unpaired) electrons. The first-order chi connectivity index (χ1) is 26.8. The van der Waals surface area contributed by atoms with Gasteiger partial charge < -0.3 is 9.47 Å². The molecule has 0 saturated heterocycles. The molecule has 9 aromatic rings. The monoisotopic (exact) mass is 724 g/mol. The van der Waals surface area contributed by atoms with E-state index in [0.29, 0.717) is 0 Å². The maximum Gasteiger partial charge on any atom is 0.0541 e. The number of benzene rings is 8. The molecule has 0 bridgehead atoms. The van der Waals surface area contributed by atoms with E-state index in [0.717, 1.165) is 0 Å². The topological polar surface area (TPSA) is 8.17 Å². The molecule has 1 aliphatic rings. The van der Waals surface area contributed by atoms with Gasteiger partial charge in [0.25, 0.3) is 0 Å². The number of aryl methyl sites for hydroxylation is 2. The van der Waals surface area contributed by atoms with Crippen molar-refractivity contribution in [1.29, 1.82) is 0 Å². The average molecular weight is 725 g/mol. The zero-order valence-electron chi connectivity index (χ0n) is 33.8. The van der Waals surface area contributed by atoms with Gasteiger partial charge in [0.05, 0.1) is 11.0 Å². The number of fused-ring (bicyclic) bond motifs is 9. The van der Waals surface area contributed by atoms with Crippen LogP contribution in [0.5, 0.6) is 0 Å². The predicted octanol–water partition coefficient (Wildman–Crippen LogP) is 15.4. The highest BCUT2D eigenvalue weighted by atomic mass is 15.1. The molecule has 0 saturated carbocycles. The van der Waals surface area contributed by atoms with E-state index < -0.39 is 0 Å². The number of anilines is 3. The Morgan fingerprint density at radius 3 is 1.34 bits per heavy atom. The molecule has 0 atom stereocenters. The van der Waals surface area contributed by atoms with E-state index in [1.165, 1.54) is 111 Å². The van der Waals surface area contributed by atoms with E-state index in [1.807, 2.05) is 0 Å². The van der Waals surface area contributed by atoms with Crippen molar-refractivity contribution in [3.05, 3.63) is 168 Å². The van der Waals surface area contributed by atoms with Gasteiger partial charge in [-0.25, -0.2) is 0 Å². The molecule has 0 spiro atoms. The van der Waals surface area contributed by atoms with Crippen molar-refractivity contribution in [3.8, 4) is 27.9 Å². The average Bonchev–Trinajstić information content (AvgIpc) is 3.50. The van der Waals surface area contributed by atoms with Gasteiger partial charge in [-0.1, -0.05) is 102 Å². The Morgan fingerprint density at radius 1 is 0.411 bits per heavy atom. The number of para-hydroxylation sites is 2. The summed E-state index contributed by atoms with van der Waals surface area (Å²) in [5, 5.41) is 7.69. The minimum absolute atomic E-state index is 0.0690. The van der Waals surface area contributed by atoms with E-state index in [4.69, 9.17) is 0 Å². The van der Waals surface area contributed by atoms with Crippen molar-refractivity contribution in [1.82, 2.24) is 4.57 Å². The molecule has 8 aromatic carbocycles. The normalized spacial score (nSPS) is 12.6. The minimum atomic E-state index is 0.0690. The van der Waals surface area contributed by atoms with E-state index >= 15 is 0 Å². The summed E-state index contributed by atoms with van der Waals surface area (Å²) in [5.74, 6) is 0. The van der Waals surface area contributed by atoms with Crippen LogP contribution in [-0.4, -0.2) is 4.57 Å². The summed E-state index contributed by atoms with van der Waals surface area (Å²) in [4.78, 5) is 2.41. The smallest absolute Gasteiger partial charge is 0.0541 e. The molecule has 0 unspecified atom stereocenters. The van der Waals surface area contributed by atoms with Crippen molar-refractivity contribution in [2.45, 2.75) is 66.2 Å². The van der Waals surface area contributed by atoms with Gasteiger partial charge in [0.2, 0.25) is 0 Å². The lowest BCUT2D eigenvalue weighted by Gasteiger charge is -2.29. The zero-order chi connectivity index (χ0) is 38.7. The highest BCUT2D eigenvalue weighted by molar-refractivity contribution is 6.13. The van der Waals surface area contributed by atoms with Gasteiger partial charge >= 0.3 is 0 Å². The van der Waals surface area contributed by atoms with Crippen molar-refractivity contribution < 1.29 is 0 Å². The van der Waals surface area contributed by atoms with E-state index in [2.05, 4.69) is 210 Å².